The molecule has 20 heavy (non-hydrogen) atoms. The van der Waals surface area contributed by atoms with Crippen molar-refractivity contribution in [3.05, 3.63) is 24.4 Å². The molecule has 0 spiro atoms. The molecule has 0 saturated carbocycles. The zero-order chi connectivity index (χ0) is 14.9. The molecule has 0 atom stereocenters. The number of aromatic nitrogens is 2. The number of rotatable bonds is 1. The number of fused-ring (bicyclic) bond motifs is 1. The summed E-state index contributed by atoms with van der Waals surface area (Å²) in [7, 11) is 0. The minimum Gasteiger partial charge on any atom is -0.444 e. The van der Waals surface area contributed by atoms with Crippen molar-refractivity contribution in [2.75, 3.05) is 5.32 Å². The predicted octanol–water partition coefficient (Wildman–Crippen LogP) is 3.04. The average Bonchev–Trinajstić information content (AvgIpc) is 2.68. The fourth-order valence-corrected chi connectivity index (χ4v) is 1.78. The molecular formula is C14H17N3O3. The summed E-state index contributed by atoms with van der Waals surface area (Å²) in [6.07, 6.45) is 1.06. The first-order chi connectivity index (χ1) is 9.26. The maximum absolute atomic E-state index is 11.7. The van der Waals surface area contributed by atoms with Gasteiger partial charge in [-0.05, 0) is 39.0 Å². The van der Waals surface area contributed by atoms with Crippen molar-refractivity contribution in [1.29, 1.82) is 0 Å². The second-order valence-corrected chi connectivity index (χ2v) is 5.48. The Labute approximate surface area is 116 Å². The Morgan fingerprint density at radius 2 is 2.00 bits per heavy atom. The van der Waals surface area contributed by atoms with E-state index in [1.807, 2.05) is 0 Å². The zero-order valence-corrected chi connectivity index (χ0v) is 11.9. The van der Waals surface area contributed by atoms with Gasteiger partial charge < -0.3 is 4.74 Å². The highest BCUT2D eigenvalue weighted by Crippen LogP contribution is 2.19. The fourth-order valence-electron chi connectivity index (χ4n) is 1.78. The molecule has 0 aliphatic rings. The molecule has 1 N–H and O–H groups in total. The Bertz CT molecular complexity index is 668. The number of benzene rings is 1. The van der Waals surface area contributed by atoms with E-state index >= 15 is 0 Å². The monoisotopic (exact) mass is 275 g/mol. The first-order valence-electron chi connectivity index (χ1n) is 6.25. The third kappa shape index (κ3) is 3.14. The van der Waals surface area contributed by atoms with Crippen LogP contribution in [0.25, 0.3) is 10.9 Å². The molecule has 0 fully saturated rings. The van der Waals surface area contributed by atoms with E-state index in [4.69, 9.17) is 4.74 Å². The average molecular weight is 275 g/mol. The van der Waals surface area contributed by atoms with Crippen LogP contribution in [-0.2, 0) is 4.74 Å². The Balaban J connectivity index is 2.21. The van der Waals surface area contributed by atoms with Crippen LogP contribution in [-0.4, -0.2) is 27.4 Å². The van der Waals surface area contributed by atoms with Crippen molar-refractivity contribution >= 4 is 28.6 Å². The van der Waals surface area contributed by atoms with E-state index in [-0.39, 0.29) is 5.91 Å². The van der Waals surface area contributed by atoms with Gasteiger partial charge in [0.2, 0.25) is 5.91 Å². The number of hydrogen-bond donors (Lipinski definition) is 1. The molecule has 1 aromatic heterocycles. The first-order valence-corrected chi connectivity index (χ1v) is 6.25. The molecule has 0 aliphatic carbocycles. The van der Waals surface area contributed by atoms with Gasteiger partial charge in [-0.1, -0.05) is 0 Å². The lowest BCUT2D eigenvalue weighted by Gasteiger charge is -2.19. The van der Waals surface area contributed by atoms with Gasteiger partial charge in [-0.15, -0.1) is 0 Å². The van der Waals surface area contributed by atoms with Crippen LogP contribution in [0.2, 0.25) is 0 Å². The molecule has 1 heterocycles. The molecular weight excluding hydrogens is 258 g/mol. The van der Waals surface area contributed by atoms with Gasteiger partial charge in [0.1, 0.15) is 5.60 Å². The Kier molecular flexibility index (Phi) is 3.48. The largest absolute Gasteiger partial charge is 0.444 e. The van der Waals surface area contributed by atoms with Crippen LogP contribution in [0.15, 0.2) is 24.4 Å². The summed E-state index contributed by atoms with van der Waals surface area (Å²) in [6.45, 7) is 6.84. The van der Waals surface area contributed by atoms with E-state index in [1.165, 1.54) is 11.6 Å². The number of carbonyl (C=O) groups is 2. The van der Waals surface area contributed by atoms with Gasteiger partial charge in [-0.3, -0.25) is 10.1 Å². The molecule has 6 heteroatoms. The lowest BCUT2D eigenvalue weighted by Crippen LogP contribution is -2.27. The highest BCUT2D eigenvalue weighted by molar-refractivity contribution is 5.93. The second-order valence-electron chi connectivity index (χ2n) is 5.48. The highest BCUT2D eigenvalue weighted by atomic mass is 16.6. The van der Waals surface area contributed by atoms with Crippen molar-refractivity contribution in [2.24, 2.45) is 0 Å². The quantitative estimate of drug-likeness (QED) is 0.868. The van der Waals surface area contributed by atoms with Gasteiger partial charge in [0.25, 0.3) is 0 Å². The molecule has 1 amide bonds. The number of anilines is 1. The smallest absolute Gasteiger partial charge is 0.412 e. The van der Waals surface area contributed by atoms with E-state index in [0.717, 1.165) is 5.39 Å². The van der Waals surface area contributed by atoms with Crippen LogP contribution >= 0.6 is 0 Å². The van der Waals surface area contributed by atoms with Crippen molar-refractivity contribution in [3.8, 4) is 0 Å². The highest BCUT2D eigenvalue weighted by Gasteiger charge is 2.16. The number of ether oxygens (including phenoxy) is 1. The fraction of sp³-hybridized carbons (Fsp3) is 0.357. The van der Waals surface area contributed by atoms with Gasteiger partial charge in [0.15, 0.2) is 0 Å². The van der Waals surface area contributed by atoms with E-state index in [9.17, 15) is 9.59 Å². The summed E-state index contributed by atoms with van der Waals surface area (Å²) < 4.78 is 6.48. The number of nitrogens with zero attached hydrogens (tertiary/aromatic N) is 2. The summed E-state index contributed by atoms with van der Waals surface area (Å²) in [5, 5.41) is 7.42. The van der Waals surface area contributed by atoms with Crippen LogP contribution in [0, 0.1) is 0 Å². The maximum atomic E-state index is 11.7. The molecule has 0 bridgehead atoms. The Hall–Kier alpha value is -2.37. The number of amides is 1. The predicted molar refractivity (Wildman–Crippen MR) is 75.9 cm³/mol. The van der Waals surface area contributed by atoms with Crippen molar-refractivity contribution in [2.45, 2.75) is 33.3 Å². The SMILES string of the molecule is CC(=O)n1ncc2cc(NC(=O)OC(C)(C)C)ccc21. The minimum atomic E-state index is -0.548. The van der Waals surface area contributed by atoms with Crippen molar-refractivity contribution < 1.29 is 14.3 Å². The standard InChI is InChI=1S/C14H17N3O3/c1-9(18)17-12-6-5-11(7-10(12)8-15-17)16-13(19)20-14(2,3)4/h5-8H,1-4H3,(H,16,19). The lowest BCUT2D eigenvalue weighted by molar-refractivity contribution is 0.0635. The molecule has 6 nitrogen and oxygen atoms in total. The van der Waals surface area contributed by atoms with E-state index < -0.39 is 11.7 Å². The minimum absolute atomic E-state index is 0.159. The van der Waals surface area contributed by atoms with E-state index in [1.54, 1.807) is 45.2 Å². The number of nitrogens with one attached hydrogen (secondary N) is 1. The summed E-state index contributed by atoms with van der Waals surface area (Å²) in [6, 6.07) is 5.18. The van der Waals surface area contributed by atoms with E-state index in [2.05, 4.69) is 10.4 Å². The molecule has 1 aromatic carbocycles. The molecule has 106 valence electrons. The second kappa shape index (κ2) is 4.96. The molecule has 2 rings (SSSR count). The van der Waals surface area contributed by atoms with Gasteiger partial charge >= 0.3 is 6.09 Å². The maximum Gasteiger partial charge on any atom is 0.412 e. The van der Waals surface area contributed by atoms with Gasteiger partial charge in [0, 0.05) is 18.0 Å². The Morgan fingerprint density at radius 1 is 1.30 bits per heavy atom. The summed E-state index contributed by atoms with van der Waals surface area (Å²) in [5.41, 5.74) is 0.746. The van der Waals surface area contributed by atoms with E-state index in [0.29, 0.717) is 11.2 Å². The lowest BCUT2D eigenvalue weighted by atomic mass is 10.2. The molecule has 0 radical (unpaired) electrons. The first kappa shape index (κ1) is 14.0. The Morgan fingerprint density at radius 3 is 2.60 bits per heavy atom. The molecule has 0 unspecified atom stereocenters. The molecule has 2 aromatic rings. The van der Waals surface area contributed by atoms with Crippen LogP contribution in [0.1, 0.15) is 32.5 Å². The summed E-state index contributed by atoms with van der Waals surface area (Å²) in [5.74, 6) is -0.159. The van der Waals surface area contributed by atoms with Gasteiger partial charge in [-0.25, -0.2) is 9.48 Å². The third-order valence-electron chi connectivity index (χ3n) is 2.51. The van der Waals surface area contributed by atoms with Crippen molar-refractivity contribution in [1.82, 2.24) is 9.78 Å². The third-order valence-corrected chi connectivity index (χ3v) is 2.51. The van der Waals surface area contributed by atoms with Gasteiger partial charge in [-0.2, -0.15) is 5.10 Å². The molecule has 0 saturated heterocycles. The summed E-state index contributed by atoms with van der Waals surface area (Å²) in [4.78, 5) is 23.0. The topological polar surface area (TPSA) is 73.2 Å². The number of hydrogen-bond acceptors (Lipinski definition) is 4. The normalized spacial score (nSPS) is 11.4. The van der Waals surface area contributed by atoms with Crippen LogP contribution in [0.4, 0.5) is 10.5 Å². The molecule has 0 aliphatic heterocycles. The van der Waals surface area contributed by atoms with Gasteiger partial charge in [0.05, 0.1) is 11.7 Å². The zero-order valence-electron chi connectivity index (χ0n) is 11.9. The van der Waals surface area contributed by atoms with Crippen LogP contribution in [0.3, 0.4) is 0 Å². The van der Waals surface area contributed by atoms with Crippen LogP contribution < -0.4 is 5.32 Å². The summed E-state index contributed by atoms with van der Waals surface area (Å²) >= 11 is 0. The van der Waals surface area contributed by atoms with Crippen molar-refractivity contribution in [3.63, 3.8) is 0 Å². The van der Waals surface area contributed by atoms with Crippen LogP contribution in [0.5, 0.6) is 0 Å². The number of carbonyl (C=O) groups excluding carboxylic acids is 2.